The van der Waals surface area contributed by atoms with Crippen molar-refractivity contribution in [2.75, 3.05) is 38.7 Å². The third-order valence-electron chi connectivity index (χ3n) is 4.13. The number of nitrogens with zero attached hydrogens (tertiary/aromatic N) is 2. The molecule has 0 spiro atoms. The van der Waals surface area contributed by atoms with Gasteiger partial charge in [-0.15, -0.1) is 11.8 Å². The Morgan fingerprint density at radius 3 is 2.67 bits per heavy atom. The Morgan fingerprint density at radius 1 is 1.38 bits per heavy atom. The molecule has 8 heteroatoms. The molecule has 0 saturated carbocycles. The van der Waals surface area contributed by atoms with Crippen molar-refractivity contribution < 1.29 is 17.6 Å². The molecule has 0 aromatic heterocycles. The first-order valence-electron chi connectivity index (χ1n) is 7.83. The summed E-state index contributed by atoms with van der Waals surface area (Å²) in [6.45, 7) is 1.73. The number of amides is 1. The van der Waals surface area contributed by atoms with Crippen molar-refractivity contribution in [2.45, 2.75) is 17.7 Å². The third-order valence-corrected chi connectivity index (χ3v) is 6.41. The summed E-state index contributed by atoms with van der Waals surface area (Å²) in [4.78, 5) is 15.0. The van der Waals surface area contributed by atoms with E-state index in [4.69, 9.17) is 0 Å². The molecule has 1 fully saturated rings. The molecule has 0 N–H and O–H groups in total. The molecule has 1 aromatic carbocycles. The van der Waals surface area contributed by atoms with Crippen molar-refractivity contribution in [3.8, 4) is 0 Å². The van der Waals surface area contributed by atoms with Crippen LogP contribution in [0.25, 0.3) is 0 Å². The molecule has 2 rings (SSSR count). The van der Waals surface area contributed by atoms with Crippen molar-refractivity contribution in [1.29, 1.82) is 0 Å². The van der Waals surface area contributed by atoms with Gasteiger partial charge in [-0.1, -0.05) is 0 Å². The molecule has 1 amide bonds. The van der Waals surface area contributed by atoms with E-state index < -0.39 is 10.0 Å². The summed E-state index contributed by atoms with van der Waals surface area (Å²) in [7, 11) is -1.62. The van der Waals surface area contributed by atoms with Gasteiger partial charge >= 0.3 is 0 Å². The second-order valence-electron chi connectivity index (χ2n) is 6.13. The lowest BCUT2D eigenvalue weighted by Crippen LogP contribution is -2.44. The molecule has 1 atom stereocenters. The number of carbonyl (C=O) groups is 1. The van der Waals surface area contributed by atoms with Crippen molar-refractivity contribution in [3.63, 3.8) is 0 Å². The Hall–Kier alpha value is -1.12. The molecule has 1 unspecified atom stereocenters. The average molecular weight is 375 g/mol. The van der Waals surface area contributed by atoms with Gasteiger partial charge in [0.2, 0.25) is 15.9 Å². The minimum atomic E-state index is -3.19. The molecule has 1 aliphatic rings. The number of carbonyl (C=O) groups excluding carboxylic acids is 1. The van der Waals surface area contributed by atoms with Gasteiger partial charge in [0.25, 0.3) is 0 Å². The van der Waals surface area contributed by atoms with Crippen LogP contribution >= 0.6 is 11.8 Å². The molecule has 1 aliphatic heterocycles. The molecule has 0 bridgehead atoms. The standard InChI is InChI=1S/C16H23FN2O3S2/c1-18(24(2,21)22)10-13-4-3-9-19(11-13)16(20)12-23-15-7-5-14(17)6-8-15/h5-8,13H,3-4,9-12H2,1-2H3. The Kier molecular flexibility index (Phi) is 6.65. The number of hydrogen-bond acceptors (Lipinski definition) is 4. The SMILES string of the molecule is CN(CC1CCCN(C(=O)CSc2ccc(F)cc2)C1)S(C)(=O)=O. The largest absolute Gasteiger partial charge is 0.342 e. The van der Waals surface area contributed by atoms with E-state index in [1.54, 1.807) is 24.1 Å². The van der Waals surface area contributed by atoms with Crippen LogP contribution < -0.4 is 0 Å². The number of sulfonamides is 1. The number of hydrogen-bond donors (Lipinski definition) is 0. The number of rotatable bonds is 6. The lowest BCUT2D eigenvalue weighted by Gasteiger charge is -2.34. The predicted octanol–water partition coefficient (Wildman–Crippen LogP) is 2.05. The van der Waals surface area contributed by atoms with E-state index in [2.05, 4.69) is 0 Å². The highest BCUT2D eigenvalue weighted by Gasteiger charge is 2.26. The first-order valence-corrected chi connectivity index (χ1v) is 10.7. The fourth-order valence-corrected chi connectivity index (χ4v) is 3.99. The molecule has 24 heavy (non-hydrogen) atoms. The molecule has 134 valence electrons. The average Bonchev–Trinajstić information content (AvgIpc) is 2.53. The number of piperidine rings is 1. The number of likely N-dealkylation sites (tertiary alicyclic amines) is 1. The van der Waals surface area contributed by atoms with Gasteiger partial charge in [-0.3, -0.25) is 4.79 Å². The number of halogens is 1. The van der Waals surface area contributed by atoms with E-state index in [0.717, 1.165) is 17.7 Å². The molecule has 1 saturated heterocycles. The van der Waals surface area contributed by atoms with Crippen LogP contribution in [0.3, 0.4) is 0 Å². The molecular weight excluding hydrogens is 351 g/mol. The maximum absolute atomic E-state index is 12.9. The predicted molar refractivity (Wildman–Crippen MR) is 93.9 cm³/mol. The Morgan fingerprint density at radius 2 is 2.04 bits per heavy atom. The zero-order valence-corrected chi connectivity index (χ0v) is 15.6. The van der Waals surface area contributed by atoms with Crippen LogP contribution in [-0.4, -0.2) is 62.2 Å². The van der Waals surface area contributed by atoms with E-state index in [-0.39, 0.29) is 17.6 Å². The highest BCUT2D eigenvalue weighted by atomic mass is 32.2. The summed E-state index contributed by atoms with van der Waals surface area (Å²) >= 11 is 1.39. The van der Waals surface area contributed by atoms with Crippen LogP contribution in [0.4, 0.5) is 4.39 Å². The quantitative estimate of drug-likeness (QED) is 0.715. The van der Waals surface area contributed by atoms with E-state index in [9.17, 15) is 17.6 Å². The second-order valence-corrected chi connectivity index (χ2v) is 9.27. The maximum atomic E-state index is 12.9. The molecule has 0 radical (unpaired) electrons. The Labute approximate surface area is 147 Å². The van der Waals surface area contributed by atoms with Gasteiger partial charge in [-0.25, -0.2) is 17.1 Å². The van der Waals surface area contributed by atoms with Crippen LogP contribution in [-0.2, 0) is 14.8 Å². The van der Waals surface area contributed by atoms with Gasteiger partial charge in [0, 0.05) is 31.6 Å². The van der Waals surface area contributed by atoms with Crippen molar-refractivity contribution in [2.24, 2.45) is 5.92 Å². The van der Waals surface area contributed by atoms with Gasteiger partial charge in [-0.05, 0) is 43.0 Å². The lowest BCUT2D eigenvalue weighted by atomic mass is 9.98. The van der Waals surface area contributed by atoms with Crippen LogP contribution in [0.2, 0.25) is 0 Å². The van der Waals surface area contributed by atoms with Gasteiger partial charge in [0.15, 0.2) is 0 Å². The Bertz CT molecular complexity index is 664. The van der Waals surface area contributed by atoms with Gasteiger partial charge in [0.05, 0.1) is 12.0 Å². The summed E-state index contributed by atoms with van der Waals surface area (Å²) < 4.78 is 37.3. The lowest BCUT2D eigenvalue weighted by molar-refractivity contribution is -0.130. The highest BCUT2D eigenvalue weighted by Crippen LogP contribution is 2.22. The zero-order valence-electron chi connectivity index (χ0n) is 13.9. The van der Waals surface area contributed by atoms with Gasteiger partial charge in [-0.2, -0.15) is 0 Å². The van der Waals surface area contributed by atoms with E-state index >= 15 is 0 Å². The summed E-state index contributed by atoms with van der Waals surface area (Å²) in [5.41, 5.74) is 0. The second kappa shape index (κ2) is 8.31. The maximum Gasteiger partial charge on any atom is 0.232 e. The topological polar surface area (TPSA) is 57.7 Å². The van der Waals surface area contributed by atoms with Crippen LogP contribution in [0, 0.1) is 11.7 Å². The van der Waals surface area contributed by atoms with E-state index in [1.165, 1.54) is 34.5 Å². The van der Waals surface area contributed by atoms with E-state index in [1.807, 2.05) is 0 Å². The highest BCUT2D eigenvalue weighted by molar-refractivity contribution is 8.00. The number of benzene rings is 1. The normalized spacial score (nSPS) is 18.8. The first-order chi connectivity index (χ1) is 11.3. The summed E-state index contributed by atoms with van der Waals surface area (Å²) in [6.07, 6.45) is 3.00. The first kappa shape index (κ1) is 19.2. The minimum Gasteiger partial charge on any atom is -0.342 e. The smallest absolute Gasteiger partial charge is 0.232 e. The van der Waals surface area contributed by atoms with Crippen LogP contribution in [0.15, 0.2) is 29.2 Å². The third kappa shape index (κ3) is 5.75. The fourth-order valence-electron chi connectivity index (χ4n) is 2.71. The molecular formula is C16H23FN2O3S2. The number of thioether (sulfide) groups is 1. The zero-order chi connectivity index (χ0) is 17.7. The molecule has 0 aliphatic carbocycles. The van der Waals surface area contributed by atoms with Gasteiger partial charge < -0.3 is 4.90 Å². The van der Waals surface area contributed by atoms with Crippen molar-refractivity contribution in [1.82, 2.24) is 9.21 Å². The van der Waals surface area contributed by atoms with E-state index in [0.29, 0.717) is 25.4 Å². The monoisotopic (exact) mass is 374 g/mol. The van der Waals surface area contributed by atoms with Crippen LogP contribution in [0.5, 0.6) is 0 Å². The minimum absolute atomic E-state index is 0.0380. The molecule has 1 aromatic rings. The summed E-state index contributed by atoms with van der Waals surface area (Å²) in [5.74, 6) is 0.217. The van der Waals surface area contributed by atoms with Crippen molar-refractivity contribution in [3.05, 3.63) is 30.1 Å². The Balaban J connectivity index is 1.84. The van der Waals surface area contributed by atoms with Crippen LogP contribution in [0.1, 0.15) is 12.8 Å². The van der Waals surface area contributed by atoms with Gasteiger partial charge in [0.1, 0.15) is 5.82 Å². The summed E-state index contributed by atoms with van der Waals surface area (Å²) in [5, 5.41) is 0. The van der Waals surface area contributed by atoms with Crippen molar-refractivity contribution >= 4 is 27.7 Å². The molecule has 1 heterocycles. The summed E-state index contributed by atoms with van der Waals surface area (Å²) in [6, 6.07) is 6.08. The molecule has 5 nitrogen and oxygen atoms in total. The fraction of sp³-hybridized carbons (Fsp3) is 0.562.